The number of aromatic nitrogens is 1. The van der Waals surface area contributed by atoms with Crippen molar-refractivity contribution >= 4 is 10.9 Å². The molecule has 1 atom stereocenters. The molecule has 1 aromatic heterocycles. The third-order valence-corrected chi connectivity index (χ3v) is 3.36. The van der Waals surface area contributed by atoms with E-state index in [9.17, 15) is 13.2 Å². The highest BCUT2D eigenvalue weighted by atomic mass is 19.4. The third kappa shape index (κ3) is 4.47. The van der Waals surface area contributed by atoms with Crippen LogP contribution in [0.4, 0.5) is 13.2 Å². The van der Waals surface area contributed by atoms with Crippen molar-refractivity contribution in [1.82, 2.24) is 4.57 Å². The van der Waals surface area contributed by atoms with Gasteiger partial charge < -0.3 is 15.0 Å². The molecule has 1 heterocycles. The van der Waals surface area contributed by atoms with E-state index in [0.29, 0.717) is 0 Å². The van der Waals surface area contributed by atoms with Crippen LogP contribution in [0.3, 0.4) is 0 Å². The fraction of sp³-hybridized carbons (Fsp3) is 0.467. The Balaban J connectivity index is 2.11. The van der Waals surface area contributed by atoms with Gasteiger partial charge >= 0.3 is 6.18 Å². The molecule has 0 spiro atoms. The van der Waals surface area contributed by atoms with E-state index in [0.717, 1.165) is 29.3 Å². The summed E-state index contributed by atoms with van der Waals surface area (Å²) in [6, 6.07) is 7.86. The summed E-state index contributed by atoms with van der Waals surface area (Å²) in [5.74, 6) is 0. The van der Waals surface area contributed by atoms with E-state index in [4.69, 9.17) is 10.5 Å². The summed E-state index contributed by atoms with van der Waals surface area (Å²) in [5, 5.41) is 0.972. The van der Waals surface area contributed by atoms with Gasteiger partial charge in [-0.1, -0.05) is 19.1 Å². The average molecular weight is 300 g/mol. The second kappa shape index (κ2) is 6.49. The van der Waals surface area contributed by atoms with E-state index >= 15 is 0 Å². The summed E-state index contributed by atoms with van der Waals surface area (Å²) < 4.78 is 42.7. The molecule has 2 aromatic rings. The highest BCUT2D eigenvalue weighted by Crippen LogP contribution is 2.20. The largest absolute Gasteiger partial charge is 0.411 e. The van der Waals surface area contributed by atoms with Gasteiger partial charge in [-0.05, 0) is 35.9 Å². The quantitative estimate of drug-likeness (QED) is 0.887. The number of rotatable bonds is 6. The molecule has 1 aromatic carbocycles. The van der Waals surface area contributed by atoms with Crippen molar-refractivity contribution < 1.29 is 17.9 Å². The smallest absolute Gasteiger partial charge is 0.351 e. The molecule has 0 amide bonds. The molecule has 3 nitrogen and oxygen atoms in total. The lowest BCUT2D eigenvalue weighted by molar-refractivity contribution is -0.181. The van der Waals surface area contributed by atoms with E-state index in [1.54, 1.807) is 10.8 Å². The van der Waals surface area contributed by atoms with E-state index in [2.05, 4.69) is 0 Å². The Bertz CT molecular complexity index is 592. The molecule has 0 bridgehead atoms. The lowest BCUT2D eigenvalue weighted by Crippen LogP contribution is -2.21. The number of nitrogens with zero attached hydrogens (tertiary/aromatic N) is 1. The Morgan fingerprint density at radius 3 is 2.71 bits per heavy atom. The second-order valence-electron chi connectivity index (χ2n) is 5.14. The van der Waals surface area contributed by atoms with Gasteiger partial charge in [0.05, 0.1) is 5.52 Å². The lowest BCUT2D eigenvalue weighted by atomic mass is 10.0. The SMILES string of the molecule is CCC(N)Cc1ccc2ccn(COCC(F)(F)F)c2c1. The second-order valence-corrected chi connectivity index (χ2v) is 5.14. The monoisotopic (exact) mass is 300 g/mol. The number of nitrogens with two attached hydrogens (primary N) is 1. The Kier molecular flexibility index (Phi) is 4.90. The van der Waals surface area contributed by atoms with Crippen LogP contribution >= 0.6 is 0 Å². The lowest BCUT2D eigenvalue weighted by Gasteiger charge is -2.11. The molecule has 116 valence electrons. The van der Waals surface area contributed by atoms with Crippen LogP contribution in [0.1, 0.15) is 18.9 Å². The average Bonchev–Trinajstić information content (AvgIpc) is 2.80. The molecule has 0 saturated carbocycles. The predicted octanol–water partition coefficient (Wildman–Crippen LogP) is 3.46. The van der Waals surface area contributed by atoms with Crippen LogP contribution in [0.2, 0.25) is 0 Å². The predicted molar refractivity (Wildman–Crippen MR) is 75.9 cm³/mol. The summed E-state index contributed by atoms with van der Waals surface area (Å²) in [6.07, 6.45) is -0.943. The molecule has 2 rings (SSSR count). The molecule has 0 radical (unpaired) electrons. The normalized spacial score (nSPS) is 13.8. The van der Waals surface area contributed by atoms with Gasteiger partial charge in [-0.2, -0.15) is 13.2 Å². The first kappa shape index (κ1) is 15.9. The minimum absolute atomic E-state index is 0.0901. The molecule has 2 N–H and O–H groups in total. The van der Waals surface area contributed by atoms with Crippen LogP contribution in [-0.4, -0.2) is 23.4 Å². The van der Waals surface area contributed by atoms with E-state index in [1.165, 1.54) is 0 Å². The Hall–Kier alpha value is -1.53. The molecule has 0 saturated heterocycles. The Morgan fingerprint density at radius 1 is 1.29 bits per heavy atom. The number of alkyl halides is 3. The number of hydrogen-bond donors (Lipinski definition) is 1. The first-order chi connectivity index (χ1) is 9.89. The zero-order chi connectivity index (χ0) is 15.5. The molecule has 0 aliphatic carbocycles. The van der Waals surface area contributed by atoms with Crippen LogP contribution in [0.15, 0.2) is 30.5 Å². The van der Waals surface area contributed by atoms with Crippen LogP contribution in [0, 0.1) is 0 Å². The fourth-order valence-electron chi connectivity index (χ4n) is 2.18. The minimum atomic E-state index is -4.30. The standard InChI is InChI=1S/C15H19F3N2O/c1-2-13(19)7-11-3-4-12-5-6-20(14(12)8-11)10-21-9-15(16,17)18/h3-6,8,13H,2,7,9-10,19H2,1H3. The molecule has 1 unspecified atom stereocenters. The van der Waals surface area contributed by atoms with E-state index < -0.39 is 12.8 Å². The van der Waals surface area contributed by atoms with Crippen molar-refractivity contribution in [3.8, 4) is 0 Å². The van der Waals surface area contributed by atoms with E-state index in [-0.39, 0.29) is 12.8 Å². The topological polar surface area (TPSA) is 40.2 Å². The van der Waals surface area contributed by atoms with Gasteiger partial charge in [0.2, 0.25) is 0 Å². The molecule has 0 fully saturated rings. The van der Waals surface area contributed by atoms with Gasteiger partial charge in [0.15, 0.2) is 0 Å². The summed E-state index contributed by atoms with van der Waals surface area (Å²) >= 11 is 0. The number of benzene rings is 1. The number of hydrogen-bond acceptors (Lipinski definition) is 2. The minimum Gasteiger partial charge on any atom is -0.351 e. The van der Waals surface area contributed by atoms with Gasteiger partial charge in [0.25, 0.3) is 0 Å². The van der Waals surface area contributed by atoms with Gasteiger partial charge in [0, 0.05) is 12.2 Å². The number of halogens is 3. The van der Waals surface area contributed by atoms with Gasteiger partial charge in [-0.25, -0.2) is 0 Å². The van der Waals surface area contributed by atoms with Crippen molar-refractivity contribution in [2.24, 2.45) is 5.73 Å². The maximum Gasteiger partial charge on any atom is 0.411 e. The number of fused-ring (bicyclic) bond motifs is 1. The summed E-state index contributed by atoms with van der Waals surface area (Å²) in [7, 11) is 0. The number of ether oxygens (including phenoxy) is 1. The van der Waals surface area contributed by atoms with Crippen molar-refractivity contribution in [2.75, 3.05) is 6.61 Å². The molecule has 21 heavy (non-hydrogen) atoms. The van der Waals surface area contributed by atoms with Gasteiger partial charge in [-0.3, -0.25) is 0 Å². The van der Waals surface area contributed by atoms with Crippen molar-refractivity contribution in [1.29, 1.82) is 0 Å². The van der Waals surface area contributed by atoms with Gasteiger partial charge in [-0.15, -0.1) is 0 Å². The first-order valence-electron chi connectivity index (χ1n) is 6.87. The fourth-order valence-corrected chi connectivity index (χ4v) is 2.18. The zero-order valence-electron chi connectivity index (χ0n) is 11.9. The van der Waals surface area contributed by atoms with Crippen LogP contribution in [-0.2, 0) is 17.9 Å². The highest BCUT2D eigenvalue weighted by Gasteiger charge is 2.27. The Labute approximate surface area is 121 Å². The van der Waals surface area contributed by atoms with E-state index in [1.807, 2.05) is 31.2 Å². The van der Waals surface area contributed by atoms with Crippen LogP contribution in [0.5, 0.6) is 0 Å². The summed E-state index contributed by atoms with van der Waals surface area (Å²) in [4.78, 5) is 0. The zero-order valence-corrected chi connectivity index (χ0v) is 11.9. The maximum atomic E-state index is 12.1. The molecule has 6 heteroatoms. The molecular formula is C15H19F3N2O. The first-order valence-corrected chi connectivity index (χ1v) is 6.87. The molecule has 0 aliphatic rings. The molecule has 0 aliphatic heterocycles. The van der Waals surface area contributed by atoms with Crippen LogP contribution in [0.25, 0.3) is 10.9 Å². The molecular weight excluding hydrogens is 281 g/mol. The highest BCUT2D eigenvalue weighted by molar-refractivity contribution is 5.80. The third-order valence-electron chi connectivity index (χ3n) is 3.36. The van der Waals surface area contributed by atoms with Crippen molar-refractivity contribution in [3.63, 3.8) is 0 Å². The summed E-state index contributed by atoms with van der Waals surface area (Å²) in [5.41, 5.74) is 7.87. The maximum absolute atomic E-state index is 12.1. The summed E-state index contributed by atoms with van der Waals surface area (Å²) in [6.45, 7) is 0.663. The van der Waals surface area contributed by atoms with Gasteiger partial charge in [0.1, 0.15) is 13.3 Å². The van der Waals surface area contributed by atoms with Crippen molar-refractivity contribution in [3.05, 3.63) is 36.0 Å². The Morgan fingerprint density at radius 2 is 2.05 bits per heavy atom. The van der Waals surface area contributed by atoms with Crippen molar-refractivity contribution in [2.45, 2.75) is 38.7 Å². The van der Waals surface area contributed by atoms with Crippen LogP contribution < -0.4 is 5.73 Å².